The molecule has 1 amide bonds. The third-order valence-electron chi connectivity index (χ3n) is 4.50. The molecule has 0 radical (unpaired) electrons. The molecule has 0 aliphatic carbocycles. The maximum Gasteiger partial charge on any atom is 0.288 e. The van der Waals surface area contributed by atoms with E-state index < -0.39 is 10.8 Å². The Labute approximate surface area is 181 Å². The standard InChI is InChI=1S/C22H15ClN4O4/c1-13-4-7-15(22-26-21-19(31-22)3-2-10-24-21)12-17(13)25-20(28)9-6-14-5-8-16(23)18(11-14)27(29)30/h2-12H,1H3,(H,25,28). The molecule has 0 saturated carbocycles. The Balaban J connectivity index is 1.54. The minimum absolute atomic E-state index is 0.0356. The molecule has 0 bridgehead atoms. The van der Waals surface area contributed by atoms with Crippen molar-refractivity contribution in [3.63, 3.8) is 0 Å². The summed E-state index contributed by atoms with van der Waals surface area (Å²) < 4.78 is 5.73. The first-order valence-electron chi connectivity index (χ1n) is 9.16. The number of aromatic nitrogens is 2. The van der Waals surface area contributed by atoms with Crippen LogP contribution in [0, 0.1) is 17.0 Å². The topological polar surface area (TPSA) is 111 Å². The summed E-state index contributed by atoms with van der Waals surface area (Å²) in [7, 11) is 0. The molecule has 9 heteroatoms. The maximum absolute atomic E-state index is 12.4. The van der Waals surface area contributed by atoms with Gasteiger partial charge < -0.3 is 9.73 Å². The van der Waals surface area contributed by atoms with E-state index in [0.29, 0.717) is 33.9 Å². The Morgan fingerprint density at radius 3 is 2.84 bits per heavy atom. The molecule has 0 fully saturated rings. The number of hydrogen-bond acceptors (Lipinski definition) is 6. The molecule has 0 saturated heterocycles. The summed E-state index contributed by atoms with van der Waals surface area (Å²) in [5, 5.41) is 13.8. The number of oxazole rings is 1. The number of nitrogens with zero attached hydrogens (tertiary/aromatic N) is 3. The van der Waals surface area contributed by atoms with E-state index in [-0.39, 0.29) is 10.7 Å². The van der Waals surface area contributed by atoms with Crippen molar-refractivity contribution in [3.8, 4) is 11.5 Å². The number of aryl methyl sites for hydroxylation is 1. The second-order valence-corrected chi connectivity index (χ2v) is 7.07. The van der Waals surface area contributed by atoms with Gasteiger partial charge in [0.25, 0.3) is 5.69 Å². The van der Waals surface area contributed by atoms with Gasteiger partial charge in [0.15, 0.2) is 11.2 Å². The first kappa shape index (κ1) is 20.2. The van der Waals surface area contributed by atoms with E-state index >= 15 is 0 Å². The van der Waals surface area contributed by atoms with Gasteiger partial charge in [0.1, 0.15) is 5.02 Å². The zero-order valence-electron chi connectivity index (χ0n) is 16.2. The van der Waals surface area contributed by atoms with Gasteiger partial charge in [0, 0.05) is 29.6 Å². The minimum atomic E-state index is -0.573. The molecule has 4 rings (SSSR count). The monoisotopic (exact) mass is 434 g/mol. The van der Waals surface area contributed by atoms with Crippen LogP contribution in [0.1, 0.15) is 11.1 Å². The van der Waals surface area contributed by atoms with Crippen LogP contribution in [0.2, 0.25) is 5.02 Å². The van der Waals surface area contributed by atoms with Gasteiger partial charge in [-0.2, -0.15) is 4.98 Å². The van der Waals surface area contributed by atoms with Gasteiger partial charge in [0.2, 0.25) is 11.8 Å². The fourth-order valence-corrected chi connectivity index (χ4v) is 3.09. The van der Waals surface area contributed by atoms with Crippen LogP contribution < -0.4 is 5.32 Å². The van der Waals surface area contributed by atoms with Crippen LogP contribution in [0.25, 0.3) is 28.8 Å². The number of rotatable bonds is 5. The third kappa shape index (κ3) is 4.44. The number of halogens is 1. The number of benzene rings is 2. The number of fused-ring (bicyclic) bond motifs is 1. The number of anilines is 1. The number of pyridine rings is 1. The van der Waals surface area contributed by atoms with E-state index in [0.717, 1.165) is 5.56 Å². The highest BCUT2D eigenvalue weighted by Gasteiger charge is 2.13. The average Bonchev–Trinajstić information content (AvgIpc) is 3.19. The average molecular weight is 435 g/mol. The number of hydrogen-bond donors (Lipinski definition) is 1. The molecule has 0 unspecified atom stereocenters. The van der Waals surface area contributed by atoms with Gasteiger partial charge in [-0.1, -0.05) is 23.7 Å². The summed E-state index contributed by atoms with van der Waals surface area (Å²) in [5.74, 6) is 0.00491. The Hall–Kier alpha value is -4.04. The van der Waals surface area contributed by atoms with Crippen LogP contribution in [-0.4, -0.2) is 20.8 Å². The van der Waals surface area contributed by atoms with Gasteiger partial charge in [-0.25, -0.2) is 4.98 Å². The second-order valence-electron chi connectivity index (χ2n) is 6.66. The second kappa shape index (κ2) is 8.37. The first-order chi connectivity index (χ1) is 14.9. The summed E-state index contributed by atoms with van der Waals surface area (Å²) in [6, 6.07) is 13.3. The van der Waals surface area contributed by atoms with E-state index in [1.807, 2.05) is 19.1 Å². The molecular formula is C22H15ClN4O4. The number of amides is 1. The summed E-state index contributed by atoms with van der Waals surface area (Å²) in [6.07, 6.45) is 4.41. The van der Waals surface area contributed by atoms with Crippen LogP contribution in [0.5, 0.6) is 0 Å². The first-order valence-corrected chi connectivity index (χ1v) is 9.54. The third-order valence-corrected chi connectivity index (χ3v) is 4.82. The molecule has 2 aromatic carbocycles. The molecular weight excluding hydrogens is 420 g/mol. The highest BCUT2D eigenvalue weighted by atomic mass is 35.5. The van der Waals surface area contributed by atoms with E-state index in [4.69, 9.17) is 16.0 Å². The van der Waals surface area contributed by atoms with Crippen molar-refractivity contribution in [2.45, 2.75) is 6.92 Å². The lowest BCUT2D eigenvalue weighted by atomic mass is 10.1. The molecule has 31 heavy (non-hydrogen) atoms. The van der Waals surface area contributed by atoms with Gasteiger partial charge in [0.05, 0.1) is 4.92 Å². The fraction of sp³-hybridized carbons (Fsp3) is 0.0455. The van der Waals surface area contributed by atoms with Crippen LogP contribution in [0.15, 0.2) is 65.2 Å². The quantitative estimate of drug-likeness (QED) is 0.255. The van der Waals surface area contributed by atoms with Gasteiger partial charge >= 0.3 is 0 Å². The predicted octanol–water partition coefficient (Wildman–Crippen LogP) is 5.41. The largest absolute Gasteiger partial charge is 0.434 e. The van der Waals surface area contributed by atoms with Crippen molar-refractivity contribution in [1.82, 2.24) is 9.97 Å². The minimum Gasteiger partial charge on any atom is -0.434 e. The molecule has 0 aliphatic rings. The molecule has 8 nitrogen and oxygen atoms in total. The zero-order valence-corrected chi connectivity index (χ0v) is 17.0. The Morgan fingerprint density at radius 2 is 2.06 bits per heavy atom. The Bertz CT molecular complexity index is 1310. The number of nitro groups is 1. The van der Waals surface area contributed by atoms with Crippen molar-refractivity contribution < 1.29 is 14.1 Å². The van der Waals surface area contributed by atoms with Gasteiger partial charge in [-0.15, -0.1) is 0 Å². The molecule has 154 valence electrons. The van der Waals surface area contributed by atoms with Crippen LogP contribution in [0.3, 0.4) is 0 Å². The van der Waals surface area contributed by atoms with Crippen LogP contribution in [-0.2, 0) is 4.79 Å². The van der Waals surface area contributed by atoms with Gasteiger partial charge in [-0.3, -0.25) is 14.9 Å². The smallest absolute Gasteiger partial charge is 0.288 e. The summed E-state index contributed by atoms with van der Waals surface area (Å²) in [5.41, 5.74) is 3.46. The molecule has 1 N–H and O–H groups in total. The lowest BCUT2D eigenvalue weighted by Crippen LogP contribution is -2.09. The maximum atomic E-state index is 12.4. The molecule has 2 heterocycles. The predicted molar refractivity (Wildman–Crippen MR) is 118 cm³/mol. The van der Waals surface area contributed by atoms with Crippen LogP contribution in [0.4, 0.5) is 11.4 Å². The molecule has 0 spiro atoms. The Kier molecular flexibility index (Phi) is 5.46. The molecule has 2 aromatic heterocycles. The highest BCUT2D eigenvalue weighted by molar-refractivity contribution is 6.32. The summed E-state index contributed by atoms with van der Waals surface area (Å²) in [4.78, 5) is 31.4. The molecule has 0 atom stereocenters. The van der Waals surface area contributed by atoms with Gasteiger partial charge in [-0.05, 0) is 54.5 Å². The fourth-order valence-electron chi connectivity index (χ4n) is 2.90. The van der Waals surface area contributed by atoms with E-state index in [1.165, 1.54) is 24.3 Å². The van der Waals surface area contributed by atoms with E-state index in [9.17, 15) is 14.9 Å². The van der Waals surface area contributed by atoms with E-state index in [1.54, 1.807) is 30.5 Å². The van der Waals surface area contributed by atoms with E-state index in [2.05, 4.69) is 15.3 Å². The number of carbonyl (C=O) groups excluding carboxylic acids is 1. The molecule has 0 aliphatic heterocycles. The lowest BCUT2D eigenvalue weighted by molar-refractivity contribution is -0.384. The van der Waals surface area contributed by atoms with Crippen molar-refractivity contribution in [3.05, 3.63) is 87.1 Å². The Morgan fingerprint density at radius 1 is 1.23 bits per heavy atom. The number of nitro benzene ring substituents is 1. The molecule has 4 aromatic rings. The lowest BCUT2D eigenvalue weighted by Gasteiger charge is -2.08. The number of nitrogens with one attached hydrogen (secondary N) is 1. The summed E-state index contributed by atoms with van der Waals surface area (Å²) >= 11 is 5.81. The van der Waals surface area contributed by atoms with Crippen molar-refractivity contribution in [2.24, 2.45) is 0 Å². The van der Waals surface area contributed by atoms with Crippen LogP contribution >= 0.6 is 11.6 Å². The highest BCUT2D eigenvalue weighted by Crippen LogP contribution is 2.28. The van der Waals surface area contributed by atoms with Crippen molar-refractivity contribution in [1.29, 1.82) is 0 Å². The SMILES string of the molecule is Cc1ccc(-c2nc3ncccc3o2)cc1NC(=O)C=Cc1ccc(Cl)c([N+](=O)[O-])c1. The normalized spacial score (nSPS) is 11.2. The zero-order chi connectivity index (χ0) is 22.0. The summed E-state index contributed by atoms with van der Waals surface area (Å²) in [6.45, 7) is 1.86. The number of carbonyl (C=O) groups is 1. The van der Waals surface area contributed by atoms with Crippen molar-refractivity contribution in [2.75, 3.05) is 5.32 Å². The van der Waals surface area contributed by atoms with Crippen molar-refractivity contribution >= 4 is 46.2 Å².